The van der Waals surface area contributed by atoms with Gasteiger partial charge >= 0.3 is 6.03 Å². The molecule has 2 aromatic heterocycles. The Morgan fingerprint density at radius 3 is 2.45 bits per heavy atom. The molecular weight excluding hydrogens is 392 g/mol. The van der Waals surface area contributed by atoms with Gasteiger partial charge in [-0.05, 0) is 54.6 Å². The predicted molar refractivity (Wildman–Crippen MR) is 110 cm³/mol. The topological polar surface area (TPSA) is 94.0 Å². The van der Waals surface area contributed by atoms with Gasteiger partial charge in [0, 0.05) is 34.9 Å². The highest BCUT2D eigenvalue weighted by Crippen LogP contribution is 2.22. The molecule has 0 fully saturated rings. The summed E-state index contributed by atoms with van der Waals surface area (Å²) >= 11 is 5.91. The van der Waals surface area contributed by atoms with Crippen LogP contribution in [0.3, 0.4) is 0 Å². The molecule has 4 rings (SSSR count). The molecule has 0 saturated heterocycles. The minimum absolute atomic E-state index is 0.348. The highest BCUT2D eigenvalue weighted by atomic mass is 35.5. The maximum atomic E-state index is 12.1. The van der Waals surface area contributed by atoms with E-state index >= 15 is 0 Å². The van der Waals surface area contributed by atoms with Gasteiger partial charge in [0.25, 0.3) is 0 Å². The molecule has 2 N–H and O–H groups in total. The number of nitrogens with zero attached hydrogens (tertiary/aromatic N) is 4. The van der Waals surface area contributed by atoms with Gasteiger partial charge in [-0.15, -0.1) is 10.2 Å². The fraction of sp³-hybridized carbons (Fsp3) is 0. The summed E-state index contributed by atoms with van der Waals surface area (Å²) in [6.45, 7) is 0. The van der Waals surface area contributed by atoms with Crippen molar-refractivity contribution < 1.29 is 9.53 Å². The first-order chi connectivity index (χ1) is 14.2. The van der Waals surface area contributed by atoms with Gasteiger partial charge < -0.3 is 15.4 Å². The number of hydrogen-bond donors (Lipinski definition) is 2. The van der Waals surface area contributed by atoms with Crippen LogP contribution in [-0.4, -0.2) is 26.0 Å². The minimum atomic E-state index is -0.374. The summed E-state index contributed by atoms with van der Waals surface area (Å²) in [5.74, 6) is 1.50. The predicted octanol–water partition coefficient (Wildman–Crippen LogP) is 4.75. The van der Waals surface area contributed by atoms with E-state index in [2.05, 4.69) is 25.9 Å². The molecule has 0 atom stereocenters. The molecule has 0 aliphatic carbocycles. The summed E-state index contributed by atoms with van der Waals surface area (Å²) in [5, 5.41) is 18.2. The molecular formula is C20H15ClN6O2. The molecule has 0 unspecified atom stereocenters. The second kappa shape index (κ2) is 8.41. The maximum absolute atomic E-state index is 12.1. The Morgan fingerprint density at radius 2 is 1.76 bits per heavy atom. The maximum Gasteiger partial charge on any atom is 0.323 e. The van der Waals surface area contributed by atoms with Crippen LogP contribution in [0.4, 0.5) is 16.2 Å². The number of ether oxygens (including phenoxy) is 1. The van der Waals surface area contributed by atoms with E-state index in [0.29, 0.717) is 33.8 Å². The lowest BCUT2D eigenvalue weighted by Gasteiger charge is -2.09. The van der Waals surface area contributed by atoms with E-state index in [4.69, 9.17) is 16.3 Å². The Labute approximate surface area is 171 Å². The zero-order valence-electron chi connectivity index (χ0n) is 15.0. The van der Waals surface area contributed by atoms with Crippen molar-refractivity contribution in [2.24, 2.45) is 0 Å². The van der Waals surface area contributed by atoms with E-state index in [9.17, 15) is 4.79 Å². The van der Waals surface area contributed by atoms with Crippen LogP contribution >= 0.6 is 11.6 Å². The van der Waals surface area contributed by atoms with E-state index in [1.54, 1.807) is 83.8 Å². The van der Waals surface area contributed by atoms with E-state index in [1.807, 2.05) is 0 Å². The lowest BCUT2D eigenvalue weighted by Crippen LogP contribution is -2.19. The lowest BCUT2D eigenvalue weighted by atomic mass is 10.3. The zero-order chi connectivity index (χ0) is 20.1. The molecule has 2 heterocycles. The number of urea groups is 1. The molecule has 144 valence electrons. The molecule has 0 radical (unpaired) electrons. The molecule has 8 nitrogen and oxygen atoms in total. The fourth-order valence-corrected chi connectivity index (χ4v) is 2.67. The summed E-state index contributed by atoms with van der Waals surface area (Å²) in [5.41, 5.74) is 1.21. The van der Waals surface area contributed by atoms with E-state index in [-0.39, 0.29) is 6.03 Å². The van der Waals surface area contributed by atoms with E-state index in [0.717, 1.165) is 0 Å². The largest absolute Gasteiger partial charge is 0.438 e. The van der Waals surface area contributed by atoms with Crippen LogP contribution in [-0.2, 0) is 0 Å². The van der Waals surface area contributed by atoms with Crippen LogP contribution in [0.2, 0.25) is 5.02 Å². The summed E-state index contributed by atoms with van der Waals surface area (Å²) in [7, 11) is 0. The first-order valence-corrected chi connectivity index (χ1v) is 8.99. The number of aromatic nitrogens is 4. The average Bonchev–Trinajstić information content (AvgIpc) is 3.25. The summed E-state index contributed by atoms with van der Waals surface area (Å²) in [6.07, 6.45) is 3.44. The Balaban J connectivity index is 1.34. The molecule has 0 saturated carbocycles. The number of anilines is 2. The highest BCUT2D eigenvalue weighted by Gasteiger charge is 2.05. The van der Waals surface area contributed by atoms with Gasteiger partial charge in [0.05, 0.1) is 0 Å². The molecule has 9 heteroatoms. The van der Waals surface area contributed by atoms with Gasteiger partial charge in [0.15, 0.2) is 5.82 Å². The number of hydrogen-bond acceptors (Lipinski definition) is 5. The lowest BCUT2D eigenvalue weighted by molar-refractivity contribution is 0.262. The molecule has 0 spiro atoms. The first-order valence-electron chi connectivity index (χ1n) is 8.61. The molecule has 29 heavy (non-hydrogen) atoms. The van der Waals surface area contributed by atoms with Gasteiger partial charge in [0.2, 0.25) is 5.88 Å². The number of carbonyl (C=O) groups is 1. The average molecular weight is 407 g/mol. The van der Waals surface area contributed by atoms with Crippen LogP contribution in [0.5, 0.6) is 11.6 Å². The van der Waals surface area contributed by atoms with Crippen molar-refractivity contribution in [1.29, 1.82) is 0 Å². The Morgan fingerprint density at radius 1 is 0.931 bits per heavy atom. The quantitative estimate of drug-likeness (QED) is 0.498. The van der Waals surface area contributed by atoms with E-state index < -0.39 is 0 Å². The normalized spacial score (nSPS) is 10.4. The third-order valence-electron chi connectivity index (χ3n) is 3.78. The van der Waals surface area contributed by atoms with Crippen molar-refractivity contribution in [3.8, 4) is 17.4 Å². The molecule has 0 aliphatic rings. The van der Waals surface area contributed by atoms with E-state index in [1.165, 1.54) is 0 Å². The number of nitrogens with one attached hydrogen (secondary N) is 2. The van der Waals surface area contributed by atoms with Crippen molar-refractivity contribution in [3.05, 3.63) is 84.1 Å². The number of carbonyl (C=O) groups excluding carboxylic acids is 1. The van der Waals surface area contributed by atoms with Gasteiger partial charge in [0.1, 0.15) is 5.75 Å². The summed E-state index contributed by atoms with van der Waals surface area (Å²) in [4.78, 5) is 12.1. The number of rotatable bonds is 5. The van der Waals surface area contributed by atoms with Gasteiger partial charge in [-0.3, -0.25) is 0 Å². The zero-order valence-corrected chi connectivity index (χ0v) is 15.7. The molecule has 0 aliphatic heterocycles. The highest BCUT2D eigenvalue weighted by molar-refractivity contribution is 6.30. The van der Waals surface area contributed by atoms with Crippen LogP contribution < -0.4 is 15.4 Å². The third-order valence-corrected chi connectivity index (χ3v) is 4.02. The fourth-order valence-electron chi connectivity index (χ4n) is 2.48. The third kappa shape index (κ3) is 4.88. The van der Waals surface area contributed by atoms with Crippen molar-refractivity contribution >= 4 is 29.0 Å². The second-order valence-corrected chi connectivity index (χ2v) is 6.33. The summed E-state index contributed by atoms with van der Waals surface area (Å²) in [6, 6.07) is 18.7. The molecule has 2 aromatic carbocycles. The number of benzene rings is 2. The molecule has 0 bridgehead atoms. The van der Waals surface area contributed by atoms with Crippen LogP contribution in [0.25, 0.3) is 5.82 Å². The van der Waals surface area contributed by atoms with Crippen molar-refractivity contribution in [3.63, 3.8) is 0 Å². The Kier molecular flexibility index (Phi) is 5.35. The number of halogens is 1. The van der Waals surface area contributed by atoms with Crippen LogP contribution in [0.15, 0.2) is 79.1 Å². The smallest absolute Gasteiger partial charge is 0.323 e. The standard InChI is InChI=1S/C20H15ClN6O2/c21-14-3-1-4-16(13-14)24-20(28)23-15-5-7-17(8-6-15)29-19-10-9-18(25-26-19)27-12-2-11-22-27/h1-13H,(H2,23,24,28). The van der Waals surface area contributed by atoms with Gasteiger partial charge in [-0.1, -0.05) is 17.7 Å². The van der Waals surface area contributed by atoms with Crippen molar-refractivity contribution in [2.45, 2.75) is 0 Å². The van der Waals surface area contributed by atoms with Gasteiger partial charge in [-0.2, -0.15) is 5.10 Å². The number of amides is 2. The monoisotopic (exact) mass is 406 g/mol. The summed E-state index contributed by atoms with van der Waals surface area (Å²) < 4.78 is 7.28. The van der Waals surface area contributed by atoms with Gasteiger partial charge in [-0.25, -0.2) is 9.48 Å². The molecule has 2 amide bonds. The Bertz CT molecular complexity index is 1100. The SMILES string of the molecule is O=C(Nc1ccc(Oc2ccc(-n3cccn3)nn2)cc1)Nc1cccc(Cl)c1. The first kappa shape index (κ1) is 18.5. The van der Waals surface area contributed by atoms with Crippen molar-refractivity contribution in [2.75, 3.05) is 10.6 Å². The minimum Gasteiger partial charge on any atom is -0.438 e. The Hall–Kier alpha value is -3.91. The second-order valence-electron chi connectivity index (χ2n) is 5.90. The molecule has 4 aromatic rings. The van der Waals surface area contributed by atoms with Crippen LogP contribution in [0.1, 0.15) is 0 Å². The van der Waals surface area contributed by atoms with Crippen LogP contribution in [0, 0.1) is 0 Å². The van der Waals surface area contributed by atoms with Crippen molar-refractivity contribution in [1.82, 2.24) is 20.0 Å².